The van der Waals surface area contributed by atoms with Crippen molar-refractivity contribution in [2.24, 2.45) is 0 Å². The van der Waals surface area contributed by atoms with Crippen molar-refractivity contribution in [1.82, 2.24) is 9.55 Å². The summed E-state index contributed by atoms with van der Waals surface area (Å²) in [6.45, 7) is 1.97. The summed E-state index contributed by atoms with van der Waals surface area (Å²) in [4.78, 5) is 4.34. The maximum atomic E-state index is 6.16. The number of halogens is 1. The molecule has 0 spiro atoms. The second kappa shape index (κ2) is 4.03. The molecule has 3 nitrogen and oxygen atoms in total. The Labute approximate surface area is 110 Å². The monoisotopic (exact) mass is 257 g/mol. The lowest BCUT2D eigenvalue weighted by atomic mass is 10.2. The molecular weight excluding hydrogens is 246 g/mol. The predicted octanol–water partition coefficient (Wildman–Crippen LogP) is 3.57. The summed E-state index contributed by atoms with van der Waals surface area (Å²) >= 11 is 6.16. The summed E-state index contributed by atoms with van der Waals surface area (Å²) in [5.41, 5.74) is 9.82. The van der Waals surface area contributed by atoms with Gasteiger partial charge in [0.05, 0.1) is 16.7 Å². The molecule has 18 heavy (non-hydrogen) atoms. The van der Waals surface area contributed by atoms with Crippen LogP contribution in [-0.4, -0.2) is 9.55 Å². The van der Waals surface area contributed by atoms with E-state index in [0.717, 1.165) is 27.3 Å². The van der Waals surface area contributed by atoms with Gasteiger partial charge in [-0.05, 0) is 36.8 Å². The number of aromatic nitrogens is 2. The van der Waals surface area contributed by atoms with E-state index in [1.165, 1.54) is 0 Å². The van der Waals surface area contributed by atoms with E-state index in [9.17, 15) is 0 Å². The van der Waals surface area contributed by atoms with Gasteiger partial charge in [-0.15, -0.1) is 0 Å². The number of aryl methyl sites for hydroxylation is 1. The molecular formula is C14H12ClN3. The first-order valence-electron chi connectivity index (χ1n) is 5.66. The van der Waals surface area contributed by atoms with Crippen LogP contribution >= 0.6 is 11.6 Å². The molecule has 0 bridgehead atoms. The predicted molar refractivity (Wildman–Crippen MR) is 75.2 cm³/mol. The summed E-state index contributed by atoms with van der Waals surface area (Å²) < 4.78 is 1.90. The smallest absolute Gasteiger partial charge is 0.205 e. The average molecular weight is 258 g/mol. The van der Waals surface area contributed by atoms with Crippen molar-refractivity contribution in [2.45, 2.75) is 6.92 Å². The highest BCUT2D eigenvalue weighted by atomic mass is 35.5. The molecule has 1 heterocycles. The summed E-state index contributed by atoms with van der Waals surface area (Å²) in [5.74, 6) is 0.469. The Bertz CT molecular complexity index is 731. The van der Waals surface area contributed by atoms with E-state index in [-0.39, 0.29) is 0 Å². The second-order valence-corrected chi connectivity index (χ2v) is 4.63. The molecule has 0 aliphatic heterocycles. The van der Waals surface area contributed by atoms with Crippen LogP contribution in [0.25, 0.3) is 16.7 Å². The highest BCUT2D eigenvalue weighted by molar-refractivity contribution is 6.31. The molecule has 1 aromatic heterocycles. The van der Waals surface area contributed by atoms with E-state index < -0.39 is 0 Å². The van der Waals surface area contributed by atoms with Gasteiger partial charge in [-0.1, -0.05) is 29.8 Å². The van der Waals surface area contributed by atoms with E-state index in [2.05, 4.69) is 4.98 Å². The lowest BCUT2D eigenvalue weighted by Gasteiger charge is -2.08. The third-order valence-corrected chi connectivity index (χ3v) is 3.41. The average Bonchev–Trinajstić information content (AvgIpc) is 2.69. The number of rotatable bonds is 1. The molecule has 0 unspecified atom stereocenters. The van der Waals surface area contributed by atoms with Crippen molar-refractivity contribution in [3.8, 4) is 5.69 Å². The maximum Gasteiger partial charge on any atom is 0.205 e. The first-order valence-corrected chi connectivity index (χ1v) is 6.04. The van der Waals surface area contributed by atoms with Crippen molar-refractivity contribution in [2.75, 3.05) is 5.73 Å². The van der Waals surface area contributed by atoms with Crippen LogP contribution in [0.4, 0.5) is 5.95 Å². The summed E-state index contributed by atoms with van der Waals surface area (Å²) in [7, 11) is 0. The van der Waals surface area contributed by atoms with Gasteiger partial charge < -0.3 is 5.73 Å². The number of para-hydroxylation sites is 2. The van der Waals surface area contributed by atoms with Crippen molar-refractivity contribution < 1.29 is 0 Å². The first-order chi connectivity index (χ1) is 8.66. The summed E-state index contributed by atoms with van der Waals surface area (Å²) in [6.07, 6.45) is 0. The third kappa shape index (κ3) is 1.64. The number of hydrogen-bond donors (Lipinski definition) is 1. The zero-order chi connectivity index (χ0) is 12.7. The first kappa shape index (κ1) is 11.1. The van der Waals surface area contributed by atoms with E-state index in [0.29, 0.717) is 5.95 Å². The van der Waals surface area contributed by atoms with Crippen LogP contribution in [0.5, 0.6) is 0 Å². The third-order valence-electron chi connectivity index (χ3n) is 3.00. The van der Waals surface area contributed by atoms with Crippen LogP contribution in [0.15, 0.2) is 42.5 Å². The summed E-state index contributed by atoms with van der Waals surface area (Å²) in [6, 6.07) is 13.7. The Balaban J connectivity index is 2.30. The van der Waals surface area contributed by atoms with Crippen molar-refractivity contribution >= 4 is 28.6 Å². The van der Waals surface area contributed by atoms with Crippen molar-refractivity contribution in [3.63, 3.8) is 0 Å². The van der Waals surface area contributed by atoms with Gasteiger partial charge >= 0.3 is 0 Å². The van der Waals surface area contributed by atoms with Crippen LogP contribution < -0.4 is 5.73 Å². The topological polar surface area (TPSA) is 43.8 Å². The van der Waals surface area contributed by atoms with E-state index in [1.807, 2.05) is 54.0 Å². The highest BCUT2D eigenvalue weighted by Crippen LogP contribution is 2.26. The molecule has 4 heteroatoms. The van der Waals surface area contributed by atoms with Gasteiger partial charge in [0.1, 0.15) is 0 Å². The van der Waals surface area contributed by atoms with Gasteiger partial charge in [0.2, 0.25) is 5.95 Å². The number of fused-ring (bicyclic) bond motifs is 1. The molecule has 90 valence electrons. The lowest BCUT2D eigenvalue weighted by molar-refractivity contribution is 1.11. The normalized spacial score (nSPS) is 11.0. The summed E-state index contributed by atoms with van der Waals surface area (Å²) in [5, 5.41) is 0.727. The number of hydrogen-bond acceptors (Lipinski definition) is 2. The molecule has 3 aromatic rings. The fourth-order valence-corrected chi connectivity index (χ4v) is 2.21. The van der Waals surface area contributed by atoms with E-state index >= 15 is 0 Å². The lowest BCUT2D eigenvalue weighted by Crippen LogP contribution is -2.00. The van der Waals surface area contributed by atoms with Gasteiger partial charge in [-0.2, -0.15) is 0 Å². The fraction of sp³-hybridized carbons (Fsp3) is 0.0714. The minimum Gasteiger partial charge on any atom is -0.369 e. The van der Waals surface area contributed by atoms with Crippen molar-refractivity contribution in [3.05, 3.63) is 53.1 Å². The van der Waals surface area contributed by atoms with Crippen LogP contribution in [0.1, 0.15) is 5.56 Å². The van der Waals surface area contributed by atoms with E-state index in [4.69, 9.17) is 17.3 Å². The minimum atomic E-state index is 0.469. The molecule has 0 saturated carbocycles. The zero-order valence-electron chi connectivity index (χ0n) is 9.89. The maximum absolute atomic E-state index is 6.16. The molecule has 0 amide bonds. The molecule has 0 aliphatic rings. The zero-order valence-corrected chi connectivity index (χ0v) is 10.6. The molecule has 0 aliphatic carbocycles. The SMILES string of the molecule is Cc1ccc(-n2c(N)nc3ccccc32)cc1Cl. The van der Waals surface area contributed by atoms with Crippen molar-refractivity contribution in [1.29, 1.82) is 0 Å². The van der Waals surface area contributed by atoms with Gasteiger partial charge in [0, 0.05) is 5.02 Å². The Morgan fingerprint density at radius 2 is 1.94 bits per heavy atom. The fourth-order valence-electron chi connectivity index (χ4n) is 2.04. The van der Waals surface area contributed by atoms with E-state index in [1.54, 1.807) is 0 Å². The van der Waals surface area contributed by atoms with Crippen LogP contribution in [0.2, 0.25) is 5.02 Å². The highest BCUT2D eigenvalue weighted by Gasteiger charge is 2.09. The van der Waals surface area contributed by atoms with Crippen LogP contribution in [0, 0.1) is 6.92 Å². The number of anilines is 1. The Kier molecular flexibility index (Phi) is 2.49. The molecule has 0 radical (unpaired) electrons. The number of nitrogens with zero attached hydrogens (tertiary/aromatic N) is 2. The van der Waals surface area contributed by atoms with Crippen LogP contribution in [0.3, 0.4) is 0 Å². The molecule has 2 aromatic carbocycles. The van der Waals surface area contributed by atoms with Gasteiger partial charge in [0.15, 0.2) is 0 Å². The van der Waals surface area contributed by atoms with Gasteiger partial charge in [-0.25, -0.2) is 4.98 Å². The van der Waals surface area contributed by atoms with Gasteiger partial charge in [0.25, 0.3) is 0 Å². The van der Waals surface area contributed by atoms with Gasteiger partial charge in [-0.3, -0.25) is 4.57 Å². The number of nitrogen functional groups attached to an aromatic ring is 1. The molecule has 0 atom stereocenters. The number of nitrogens with two attached hydrogens (primary N) is 1. The Hall–Kier alpha value is -2.00. The Morgan fingerprint density at radius 1 is 1.17 bits per heavy atom. The molecule has 3 rings (SSSR count). The molecule has 0 saturated heterocycles. The standard InChI is InChI=1S/C14H12ClN3/c1-9-6-7-10(8-11(9)15)18-13-5-3-2-4-12(13)17-14(18)16/h2-8H,1H3,(H2,16,17). The minimum absolute atomic E-state index is 0.469. The second-order valence-electron chi connectivity index (χ2n) is 4.23. The molecule has 2 N–H and O–H groups in total. The van der Waals surface area contributed by atoms with Crippen LogP contribution in [-0.2, 0) is 0 Å². The molecule has 0 fully saturated rings. The largest absolute Gasteiger partial charge is 0.369 e. The number of benzene rings is 2. The Morgan fingerprint density at radius 3 is 2.72 bits per heavy atom. The quantitative estimate of drug-likeness (QED) is 0.724. The number of imidazole rings is 1.